The molecule has 86 valence electrons. The van der Waals surface area contributed by atoms with Gasteiger partial charge < -0.3 is 10.1 Å². The summed E-state index contributed by atoms with van der Waals surface area (Å²) in [5.41, 5.74) is 2.96. The van der Waals surface area contributed by atoms with Gasteiger partial charge >= 0.3 is 5.97 Å². The standard InChI is InChI=1S/C13H17NO2/c1-8-13(2,3)10-7-9(12(15)16-4)5-6-11(10)14-8/h5-8,14H,1-4H3. The van der Waals surface area contributed by atoms with Gasteiger partial charge in [0.15, 0.2) is 0 Å². The van der Waals surface area contributed by atoms with Gasteiger partial charge in [-0.15, -0.1) is 0 Å². The van der Waals surface area contributed by atoms with Crippen LogP contribution in [0.15, 0.2) is 18.2 Å². The molecule has 16 heavy (non-hydrogen) atoms. The fraction of sp³-hybridized carbons (Fsp3) is 0.462. The Kier molecular flexibility index (Phi) is 2.41. The summed E-state index contributed by atoms with van der Waals surface area (Å²) in [4.78, 5) is 11.5. The zero-order chi connectivity index (χ0) is 11.9. The highest BCUT2D eigenvalue weighted by atomic mass is 16.5. The van der Waals surface area contributed by atoms with Crippen LogP contribution in [-0.2, 0) is 10.2 Å². The first-order valence-corrected chi connectivity index (χ1v) is 5.46. The van der Waals surface area contributed by atoms with Gasteiger partial charge in [-0.2, -0.15) is 0 Å². The summed E-state index contributed by atoms with van der Waals surface area (Å²) in [6.45, 7) is 6.51. The summed E-state index contributed by atoms with van der Waals surface area (Å²) in [6.07, 6.45) is 0. The van der Waals surface area contributed by atoms with Crippen molar-refractivity contribution in [2.45, 2.75) is 32.2 Å². The lowest BCUT2D eigenvalue weighted by Crippen LogP contribution is -2.30. The lowest BCUT2D eigenvalue weighted by atomic mass is 9.81. The Labute approximate surface area is 95.8 Å². The van der Waals surface area contributed by atoms with Crippen LogP contribution in [0.5, 0.6) is 0 Å². The normalized spacial score (nSPS) is 21.1. The second kappa shape index (κ2) is 3.51. The first-order valence-electron chi connectivity index (χ1n) is 5.46. The van der Waals surface area contributed by atoms with E-state index in [-0.39, 0.29) is 11.4 Å². The van der Waals surface area contributed by atoms with Crippen LogP contribution in [0.4, 0.5) is 5.69 Å². The Morgan fingerprint density at radius 1 is 1.44 bits per heavy atom. The highest BCUT2D eigenvalue weighted by Crippen LogP contribution is 2.40. The summed E-state index contributed by atoms with van der Waals surface area (Å²) < 4.78 is 4.73. The van der Waals surface area contributed by atoms with E-state index in [2.05, 4.69) is 26.1 Å². The molecule has 0 bridgehead atoms. The maximum absolute atomic E-state index is 11.5. The van der Waals surface area contributed by atoms with Crippen LogP contribution in [0, 0.1) is 0 Å². The molecule has 0 saturated carbocycles. The van der Waals surface area contributed by atoms with Crippen molar-refractivity contribution in [1.82, 2.24) is 0 Å². The Morgan fingerprint density at radius 2 is 2.12 bits per heavy atom. The van der Waals surface area contributed by atoms with Crippen molar-refractivity contribution in [2.24, 2.45) is 0 Å². The molecular weight excluding hydrogens is 202 g/mol. The lowest BCUT2D eigenvalue weighted by Gasteiger charge is -2.24. The molecule has 1 aromatic carbocycles. The summed E-state index contributed by atoms with van der Waals surface area (Å²) in [7, 11) is 1.40. The van der Waals surface area contributed by atoms with Crippen LogP contribution in [-0.4, -0.2) is 19.1 Å². The highest BCUT2D eigenvalue weighted by Gasteiger charge is 2.36. The monoisotopic (exact) mass is 219 g/mol. The van der Waals surface area contributed by atoms with Gasteiger partial charge in [0.1, 0.15) is 0 Å². The van der Waals surface area contributed by atoms with E-state index in [1.807, 2.05) is 12.1 Å². The first kappa shape index (κ1) is 11.0. The zero-order valence-electron chi connectivity index (χ0n) is 10.1. The van der Waals surface area contributed by atoms with Crippen LogP contribution < -0.4 is 5.32 Å². The summed E-state index contributed by atoms with van der Waals surface area (Å²) in [5.74, 6) is -0.279. The van der Waals surface area contributed by atoms with E-state index in [1.54, 1.807) is 6.07 Å². The molecule has 1 N–H and O–H groups in total. The molecule has 1 atom stereocenters. The van der Waals surface area contributed by atoms with E-state index in [4.69, 9.17) is 4.74 Å². The number of benzene rings is 1. The van der Waals surface area contributed by atoms with Gasteiger partial charge in [-0.3, -0.25) is 0 Å². The van der Waals surface area contributed by atoms with Crippen molar-refractivity contribution in [3.05, 3.63) is 29.3 Å². The minimum absolute atomic E-state index is 0.0410. The number of ether oxygens (including phenoxy) is 1. The molecule has 0 aliphatic carbocycles. The minimum atomic E-state index is -0.279. The number of methoxy groups -OCH3 is 1. The molecule has 1 unspecified atom stereocenters. The molecule has 2 rings (SSSR count). The fourth-order valence-electron chi connectivity index (χ4n) is 2.09. The maximum Gasteiger partial charge on any atom is 0.337 e. The lowest BCUT2D eigenvalue weighted by molar-refractivity contribution is 0.0600. The molecule has 1 aliphatic heterocycles. The number of hydrogen-bond donors (Lipinski definition) is 1. The van der Waals surface area contributed by atoms with E-state index in [9.17, 15) is 4.79 Å². The van der Waals surface area contributed by atoms with Crippen molar-refractivity contribution < 1.29 is 9.53 Å². The number of hydrogen-bond acceptors (Lipinski definition) is 3. The Morgan fingerprint density at radius 3 is 2.75 bits per heavy atom. The zero-order valence-corrected chi connectivity index (χ0v) is 10.1. The van der Waals surface area contributed by atoms with Crippen molar-refractivity contribution in [3.8, 4) is 0 Å². The predicted octanol–water partition coefficient (Wildman–Crippen LogP) is 2.56. The third-order valence-corrected chi connectivity index (χ3v) is 3.59. The second-order valence-electron chi connectivity index (χ2n) is 4.84. The number of carbonyl (C=O) groups excluding carboxylic acids is 1. The number of fused-ring (bicyclic) bond motifs is 1. The van der Waals surface area contributed by atoms with Gasteiger partial charge in [0, 0.05) is 17.1 Å². The van der Waals surface area contributed by atoms with E-state index in [1.165, 1.54) is 12.7 Å². The molecule has 0 aromatic heterocycles. The molecule has 3 heteroatoms. The van der Waals surface area contributed by atoms with Crippen LogP contribution in [0.2, 0.25) is 0 Å². The van der Waals surface area contributed by atoms with E-state index >= 15 is 0 Å². The van der Waals surface area contributed by atoms with Crippen molar-refractivity contribution >= 4 is 11.7 Å². The van der Waals surface area contributed by atoms with Crippen molar-refractivity contribution in [2.75, 3.05) is 12.4 Å². The molecule has 0 radical (unpaired) electrons. The molecule has 0 saturated heterocycles. The molecular formula is C13H17NO2. The summed E-state index contributed by atoms with van der Waals surface area (Å²) >= 11 is 0. The van der Waals surface area contributed by atoms with Gasteiger partial charge in [0.2, 0.25) is 0 Å². The third kappa shape index (κ3) is 1.47. The molecule has 1 heterocycles. The quantitative estimate of drug-likeness (QED) is 0.738. The smallest absolute Gasteiger partial charge is 0.337 e. The number of anilines is 1. The van der Waals surface area contributed by atoms with Gasteiger partial charge in [0.05, 0.1) is 12.7 Å². The maximum atomic E-state index is 11.5. The minimum Gasteiger partial charge on any atom is -0.465 e. The average Bonchev–Trinajstić information content (AvgIpc) is 2.49. The van der Waals surface area contributed by atoms with E-state index in [0.29, 0.717) is 11.6 Å². The Bertz CT molecular complexity index is 438. The number of nitrogens with one attached hydrogen (secondary N) is 1. The number of esters is 1. The first-order chi connectivity index (χ1) is 7.46. The number of rotatable bonds is 1. The summed E-state index contributed by atoms with van der Waals surface area (Å²) in [6, 6.07) is 6.05. The Hall–Kier alpha value is -1.51. The van der Waals surface area contributed by atoms with Crippen molar-refractivity contribution in [1.29, 1.82) is 0 Å². The van der Waals surface area contributed by atoms with Gasteiger partial charge in [-0.25, -0.2) is 4.79 Å². The third-order valence-electron chi connectivity index (χ3n) is 3.59. The van der Waals surface area contributed by atoms with Crippen LogP contribution in [0.1, 0.15) is 36.7 Å². The van der Waals surface area contributed by atoms with Gasteiger partial charge in [-0.1, -0.05) is 13.8 Å². The topological polar surface area (TPSA) is 38.3 Å². The molecule has 3 nitrogen and oxygen atoms in total. The van der Waals surface area contributed by atoms with Crippen LogP contribution in [0.3, 0.4) is 0 Å². The molecule has 0 fully saturated rings. The molecule has 1 aromatic rings. The van der Waals surface area contributed by atoms with Gasteiger partial charge in [-0.05, 0) is 30.7 Å². The highest BCUT2D eigenvalue weighted by molar-refractivity contribution is 5.90. The summed E-state index contributed by atoms with van der Waals surface area (Å²) in [5, 5.41) is 3.42. The van der Waals surface area contributed by atoms with Crippen LogP contribution >= 0.6 is 0 Å². The second-order valence-corrected chi connectivity index (χ2v) is 4.84. The molecule has 0 spiro atoms. The van der Waals surface area contributed by atoms with Gasteiger partial charge in [0.25, 0.3) is 0 Å². The van der Waals surface area contributed by atoms with E-state index in [0.717, 1.165) is 5.69 Å². The molecule has 1 aliphatic rings. The predicted molar refractivity (Wildman–Crippen MR) is 63.9 cm³/mol. The molecule has 0 amide bonds. The Balaban J connectivity index is 2.48. The SMILES string of the molecule is COC(=O)c1ccc2c(c1)C(C)(C)C(C)N2. The average molecular weight is 219 g/mol. The van der Waals surface area contributed by atoms with Crippen LogP contribution in [0.25, 0.3) is 0 Å². The largest absolute Gasteiger partial charge is 0.465 e. The number of carbonyl (C=O) groups is 1. The fourth-order valence-corrected chi connectivity index (χ4v) is 2.09. The van der Waals surface area contributed by atoms with Crippen molar-refractivity contribution in [3.63, 3.8) is 0 Å². The van der Waals surface area contributed by atoms with E-state index < -0.39 is 0 Å².